The first-order chi connectivity index (χ1) is 11.2. The number of phenolic OH excluding ortho intramolecular Hbond substituents is 2. The Morgan fingerprint density at radius 1 is 1.08 bits per heavy atom. The molecule has 0 bridgehead atoms. The molecular formula is C16H14ClNO5S. The molecule has 0 aromatic heterocycles. The largest absolute Gasteiger partial charge is 0.504 e. The zero-order chi connectivity index (χ0) is 17.9. The summed E-state index contributed by atoms with van der Waals surface area (Å²) in [5.74, 6) is -2.35. The summed E-state index contributed by atoms with van der Waals surface area (Å²) < 4.78 is 24.9. The summed E-state index contributed by atoms with van der Waals surface area (Å²) in [6.07, 6.45) is 1.05. The minimum atomic E-state index is -4.01. The van der Waals surface area contributed by atoms with Gasteiger partial charge in [-0.15, -0.1) is 0 Å². The Morgan fingerprint density at radius 3 is 2.25 bits per heavy atom. The van der Waals surface area contributed by atoms with Gasteiger partial charge in [-0.1, -0.05) is 29.8 Å². The molecule has 2 aromatic rings. The van der Waals surface area contributed by atoms with Gasteiger partial charge in [0.15, 0.2) is 21.3 Å². The van der Waals surface area contributed by atoms with E-state index in [0.717, 1.165) is 12.1 Å². The molecule has 6 nitrogen and oxygen atoms in total. The van der Waals surface area contributed by atoms with Crippen molar-refractivity contribution in [3.63, 3.8) is 0 Å². The summed E-state index contributed by atoms with van der Waals surface area (Å²) in [4.78, 5) is 11.0. The van der Waals surface area contributed by atoms with Crippen LogP contribution in [0.4, 0.5) is 0 Å². The Balaban J connectivity index is 2.41. The first kappa shape index (κ1) is 17.8. The molecule has 2 rings (SSSR count). The third kappa shape index (κ3) is 4.27. The van der Waals surface area contributed by atoms with E-state index in [2.05, 4.69) is 0 Å². The van der Waals surface area contributed by atoms with Crippen LogP contribution >= 0.6 is 11.6 Å². The molecule has 0 unspecified atom stereocenters. The van der Waals surface area contributed by atoms with Gasteiger partial charge in [0, 0.05) is 5.02 Å². The molecule has 8 heteroatoms. The number of hydrogen-bond acceptors (Lipinski definition) is 5. The molecule has 0 spiro atoms. The number of hydrogen-bond donors (Lipinski definition) is 3. The maximum atomic E-state index is 12.5. The Labute approximate surface area is 143 Å². The van der Waals surface area contributed by atoms with E-state index in [1.807, 2.05) is 0 Å². The van der Waals surface area contributed by atoms with Crippen molar-refractivity contribution >= 4 is 33.4 Å². The van der Waals surface area contributed by atoms with Crippen LogP contribution in [-0.2, 0) is 20.4 Å². The molecule has 0 fully saturated rings. The van der Waals surface area contributed by atoms with Gasteiger partial charge in [-0.25, -0.2) is 8.42 Å². The second-order valence-electron chi connectivity index (χ2n) is 5.01. The van der Waals surface area contributed by atoms with E-state index in [1.165, 1.54) is 36.4 Å². The number of benzene rings is 2. The number of aromatic hydroxyl groups is 2. The molecule has 0 radical (unpaired) electrons. The lowest BCUT2D eigenvalue weighted by atomic mass is 10.2. The fraction of sp³-hybridized carbons (Fsp3) is 0.0625. The minimum absolute atomic E-state index is 0.207. The van der Waals surface area contributed by atoms with Crippen LogP contribution < -0.4 is 5.73 Å². The highest BCUT2D eigenvalue weighted by atomic mass is 35.5. The Kier molecular flexibility index (Phi) is 5.16. The fourth-order valence-electron chi connectivity index (χ4n) is 1.97. The number of halogens is 1. The summed E-state index contributed by atoms with van der Waals surface area (Å²) in [7, 11) is -4.01. The first-order valence-electron chi connectivity index (χ1n) is 6.70. The van der Waals surface area contributed by atoms with Gasteiger partial charge in [0.2, 0.25) is 0 Å². The SMILES string of the molecule is NC(=O)/C(=C/c1ccc(O)c(O)c1)S(=O)(=O)Cc1ccc(Cl)cc1. The first-order valence-corrected chi connectivity index (χ1v) is 8.73. The summed E-state index contributed by atoms with van der Waals surface area (Å²) >= 11 is 5.75. The average Bonchev–Trinajstić information content (AvgIpc) is 2.50. The number of sulfone groups is 1. The minimum Gasteiger partial charge on any atom is -0.504 e. The standard InChI is InChI=1S/C16H14ClNO5S/c17-12-4-1-10(2-5-12)9-24(22,23)15(16(18)21)8-11-3-6-13(19)14(20)7-11/h1-8,19-20H,9H2,(H2,18,21)/b15-8-. The number of amides is 1. The average molecular weight is 368 g/mol. The summed E-state index contributed by atoms with van der Waals surface area (Å²) in [5, 5.41) is 19.2. The zero-order valence-corrected chi connectivity index (χ0v) is 13.9. The van der Waals surface area contributed by atoms with E-state index in [1.54, 1.807) is 0 Å². The number of phenols is 2. The van der Waals surface area contributed by atoms with Crippen LogP contribution in [0, 0.1) is 0 Å². The molecule has 0 saturated heterocycles. The van der Waals surface area contributed by atoms with Crippen LogP contribution in [0.15, 0.2) is 47.4 Å². The highest BCUT2D eigenvalue weighted by molar-refractivity contribution is 7.95. The predicted octanol–water partition coefficient (Wildman–Crippen LogP) is 2.19. The van der Waals surface area contributed by atoms with Crippen molar-refractivity contribution in [1.82, 2.24) is 0 Å². The van der Waals surface area contributed by atoms with Gasteiger partial charge in [0.25, 0.3) is 5.91 Å². The smallest absolute Gasteiger partial charge is 0.260 e. The lowest BCUT2D eigenvalue weighted by Crippen LogP contribution is -2.22. The fourth-order valence-corrected chi connectivity index (χ4v) is 3.51. The molecule has 0 heterocycles. The van der Waals surface area contributed by atoms with Gasteiger partial charge in [-0.3, -0.25) is 4.79 Å². The van der Waals surface area contributed by atoms with Crippen molar-refractivity contribution in [2.75, 3.05) is 0 Å². The van der Waals surface area contributed by atoms with Crippen LogP contribution in [0.5, 0.6) is 11.5 Å². The molecule has 24 heavy (non-hydrogen) atoms. The van der Waals surface area contributed by atoms with Crippen LogP contribution in [0.25, 0.3) is 6.08 Å². The van der Waals surface area contributed by atoms with Gasteiger partial charge in [0.05, 0.1) is 5.75 Å². The molecule has 0 aliphatic rings. The lowest BCUT2D eigenvalue weighted by Gasteiger charge is -2.07. The van der Waals surface area contributed by atoms with Gasteiger partial charge < -0.3 is 15.9 Å². The van der Waals surface area contributed by atoms with E-state index in [-0.39, 0.29) is 11.3 Å². The van der Waals surface area contributed by atoms with Crippen LogP contribution in [0.2, 0.25) is 5.02 Å². The molecule has 1 amide bonds. The Morgan fingerprint density at radius 2 is 1.71 bits per heavy atom. The van der Waals surface area contributed by atoms with Crippen LogP contribution in [-0.4, -0.2) is 24.5 Å². The number of carbonyl (C=O) groups is 1. The van der Waals surface area contributed by atoms with Crippen molar-refractivity contribution in [2.45, 2.75) is 5.75 Å². The zero-order valence-electron chi connectivity index (χ0n) is 12.3. The summed E-state index contributed by atoms with van der Waals surface area (Å²) in [6, 6.07) is 9.78. The second kappa shape index (κ2) is 6.94. The number of primary amides is 1. The van der Waals surface area contributed by atoms with Gasteiger partial charge >= 0.3 is 0 Å². The third-order valence-electron chi connectivity index (χ3n) is 3.15. The molecular weight excluding hydrogens is 354 g/mol. The van der Waals surface area contributed by atoms with Gasteiger partial charge in [0.1, 0.15) is 4.91 Å². The maximum Gasteiger partial charge on any atom is 0.260 e. The molecule has 4 N–H and O–H groups in total. The van der Waals surface area contributed by atoms with Crippen molar-refractivity contribution in [2.24, 2.45) is 5.73 Å². The van der Waals surface area contributed by atoms with Crippen molar-refractivity contribution in [3.8, 4) is 11.5 Å². The quantitative estimate of drug-likeness (QED) is 0.553. The van der Waals surface area contributed by atoms with Crippen molar-refractivity contribution in [3.05, 3.63) is 63.5 Å². The molecule has 0 saturated carbocycles. The Bertz CT molecular complexity index is 905. The normalized spacial score (nSPS) is 12.1. The van der Waals surface area contributed by atoms with E-state index in [9.17, 15) is 23.4 Å². The third-order valence-corrected chi connectivity index (χ3v) is 5.10. The molecule has 126 valence electrons. The van der Waals surface area contributed by atoms with E-state index < -0.39 is 32.2 Å². The van der Waals surface area contributed by atoms with E-state index in [0.29, 0.717) is 10.6 Å². The molecule has 0 aliphatic carbocycles. The monoisotopic (exact) mass is 367 g/mol. The lowest BCUT2D eigenvalue weighted by molar-refractivity contribution is -0.113. The highest BCUT2D eigenvalue weighted by Gasteiger charge is 2.23. The summed E-state index contributed by atoms with van der Waals surface area (Å²) in [5.41, 5.74) is 5.85. The molecule has 0 aliphatic heterocycles. The van der Waals surface area contributed by atoms with E-state index >= 15 is 0 Å². The number of rotatable bonds is 5. The predicted molar refractivity (Wildman–Crippen MR) is 91.0 cm³/mol. The number of carbonyl (C=O) groups excluding carboxylic acids is 1. The molecule has 2 aromatic carbocycles. The van der Waals surface area contributed by atoms with Crippen molar-refractivity contribution in [1.29, 1.82) is 0 Å². The van der Waals surface area contributed by atoms with Crippen molar-refractivity contribution < 1.29 is 23.4 Å². The number of nitrogens with two attached hydrogens (primary N) is 1. The maximum absolute atomic E-state index is 12.5. The van der Waals surface area contributed by atoms with E-state index in [4.69, 9.17) is 17.3 Å². The second-order valence-corrected chi connectivity index (χ2v) is 7.40. The van der Waals surface area contributed by atoms with Gasteiger partial charge in [-0.2, -0.15) is 0 Å². The summed E-state index contributed by atoms with van der Waals surface area (Å²) in [6.45, 7) is 0. The molecule has 0 atom stereocenters. The van der Waals surface area contributed by atoms with Crippen LogP contribution in [0.3, 0.4) is 0 Å². The highest BCUT2D eigenvalue weighted by Crippen LogP contribution is 2.27. The van der Waals surface area contributed by atoms with Gasteiger partial charge in [-0.05, 0) is 41.5 Å². The van der Waals surface area contributed by atoms with Crippen LogP contribution in [0.1, 0.15) is 11.1 Å². The topological polar surface area (TPSA) is 118 Å². The Hall–Kier alpha value is -2.51.